The molecule has 7 nitrogen and oxygen atoms in total. The van der Waals surface area contributed by atoms with E-state index in [0.717, 1.165) is 74.1 Å². The van der Waals surface area contributed by atoms with Crippen LogP contribution in [0.3, 0.4) is 0 Å². The van der Waals surface area contributed by atoms with Crippen molar-refractivity contribution in [2.45, 2.75) is 51.0 Å². The summed E-state index contributed by atoms with van der Waals surface area (Å²) in [5.74, 6) is 0.382. The highest BCUT2D eigenvalue weighted by Gasteiger charge is 2.30. The van der Waals surface area contributed by atoms with Crippen LogP contribution in [0.2, 0.25) is 0 Å². The Balaban J connectivity index is 1.48. The molecular weight excluding hydrogens is 366 g/mol. The lowest BCUT2D eigenvalue weighted by Crippen LogP contribution is -2.36. The van der Waals surface area contributed by atoms with E-state index in [-0.39, 0.29) is 24.3 Å². The largest absolute Gasteiger partial charge is 0.343 e. The predicted molar refractivity (Wildman–Crippen MR) is 110 cm³/mol. The number of hydrogen-bond acceptors (Lipinski definition) is 5. The molecule has 1 aromatic heterocycles. The second-order valence-electron chi connectivity index (χ2n) is 8.06. The van der Waals surface area contributed by atoms with Crippen molar-refractivity contribution in [3.63, 3.8) is 0 Å². The van der Waals surface area contributed by atoms with E-state index in [1.807, 2.05) is 24.3 Å². The van der Waals surface area contributed by atoms with Crippen molar-refractivity contribution in [3.8, 4) is 0 Å². The number of amides is 2. The zero-order valence-corrected chi connectivity index (χ0v) is 16.4. The number of anilines is 2. The maximum Gasteiger partial charge on any atom is 0.270 e. The Morgan fingerprint density at radius 2 is 1.86 bits per heavy atom. The van der Waals surface area contributed by atoms with Gasteiger partial charge in [0.1, 0.15) is 5.69 Å². The van der Waals surface area contributed by atoms with E-state index in [9.17, 15) is 9.59 Å². The number of benzene rings is 1. The van der Waals surface area contributed by atoms with Crippen LogP contribution >= 0.6 is 0 Å². The summed E-state index contributed by atoms with van der Waals surface area (Å²) < 4.78 is 0. The van der Waals surface area contributed by atoms with Gasteiger partial charge in [0.25, 0.3) is 5.91 Å². The van der Waals surface area contributed by atoms with Crippen LogP contribution in [0.15, 0.2) is 24.3 Å². The lowest BCUT2D eigenvalue weighted by Gasteiger charge is -2.27. The van der Waals surface area contributed by atoms with Gasteiger partial charge >= 0.3 is 0 Å². The molecule has 0 bridgehead atoms. The highest BCUT2D eigenvalue weighted by molar-refractivity contribution is 5.98. The number of nitrogens with one attached hydrogen (secondary N) is 2. The van der Waals surface area contributed by atoms with Crippen molar-refractivity contribution in [2.24, 2.45) is 0 Å². The Labute approximate surface area is 169 Å². The fourth-order valence-corrected chi connectivity index (χ4v) is 4.59. The Morgan fingerprint density at radius 1 is 1.07 bits per heavy atom. The van der Waals surface area contributed by atoms with Gasteiger partial charge in [-0.2, -0.15) is 0 Å². The molecule has 29 heavy (non-hydrogen) atoms. The maximum atomic E-state index is 13.3. The average Bonchev–Trinajstić information content (AvgIpc) is 3.28. The summed E-state index contributed by atoms with van der Waals surface area (Å²) in [6.45, 7) is 1.88. The summed E-state index contributed by atoms with van der Waals surface area (Å²) in [5.41, 5.74) is 4.17. The third-order valence-electron chi connectivity index (χ3n) is 6.08. The molecule has 2 amide bonds. The highest BCUT2D eigenvalue weighted by atomic mass is 16.2. The van der Waals surface area contributed by atoms with Gasteiger partial charge in [-0.3, -0.25) is 9.59 Å². The number of nitrogens with zero attached hydrogens (tertiary/aromatic N) is 3. The molecule has 2 N–H and O–H groups in total. The smallest absolute Gasteiger partial charge is 0.270 e. The molecule has 1 unspecified atom stereocenters. The molecule has 2 aliphatic heterocycles. The summed E-state index contributed by atoms with van der Waals surface area (Å²) in [6.07, 6.45) is 6.38. The molecule has 0 saturated carbocycles. The minimum absolute atomic E-state index is 0.0866. The number of carbonyl (C=O) groups is 2. The normalized spacial score (nSPS) is 20.6. The Kier molecular flexibility index (Phi) is 4.66. The minimum atomic E-state index is -0.350. The SMILES string of the molecule is O=C1CC(NC(=O)c2nc(N3CCCC3)nc3c2CCCC3)c2ccccc2N1. The van der Waals surface area contributed by atoms with E-state index in [2.05, 4.69) is 15.5 Å². The third kappa shape index (κ3) is 3.45. The average molecular weight is 391 g/mol. The van der Waals surface area contributed by atoms with E-state index in [0.29, 0.717) is 11.6 Å². The molecule has 1 aromatic carbocycles. The molecule has 3 heterocycles. The summed E-state index contributed by atoms with van der Waals surface area (Å²) in [5, 5.41) is 5.96. The second-order valence-corrected chi connectivity index (χ2v) is 8.06. The molecule has 5 rings (SSSR count). The number of rotatable bonds is 3. The first kappa shape index (κ1) is 18.1. The van der Waals surface area contributed by atoms with Crippen molar-refractivity contribution in [3.05, 3.63) is 46.8 Å². The van der Waals surface area contributed by atoms with Crippen LogP contribution in [0.25, 0.3) is 0 Å². The van der Waals surface area contributed by atoms with Crippen LogP contribution in [0.1, 0.15) is 65.5 Å². The molecule has 2 aromatic rings. The van der Waals surface area contributed by atoms with Gasteiger partial charge in [-0.1, -0.05) is 18.2 Å². The fourth-order valence-electron chi connectivity index (χ4n) is 4.59. The van der Waals surface area contributed by atoms with E-state index >= 15 is 0 Å². The van der Waals surface area contributed by atoms with Crippen LogP contribution in [-0.2, 0) is 17.6 Å². The van der Waals surface area contributed by atoms with E-state index in [1.165, 1.54) is 0 Å². The summed E-state index contributed by atoms with van der Waals surface area (Å²) in [7, 11) is 0. The van der Waals surface area contributed by atoms with Gasteiger partial charge in [0, 0.05) is 30.0 Å². The first-order chi connectivity index (χ1) is 14.2. The molecule has 1 fully saturated rings. The quantitative estimate of drug-likeness (QED) is 0.840. The van der Waals surface area contributed by atoms with E-state index in [1.54, 1.807) is 0 Å². The van der Waals surface area contributed by atoms with Crippen molar-refractivity contribution < 1.29 is 9.59 Å². The fraction of sp³-hybridized carbons (Fsp3) is 0.455. The molecule has 1 atom stereocenters. The van der Waals surface area contributed by atoms with Crippen LogP contribution in [0.4, 0.5) is 11.6 Å². The van der Waals surface area contributed by atoms with Gasteiger partial charge in [-0.25, -0.2) is 9.97 Å². The van der Waals surface area contributed by atoms with Crippen molar-refractivity contribution in [1.82, 2.24) is 15.3 Å². The van der Waals surface area contributed by atoms with Gasteiger partial charge in [0.05, 0.1) is 12.5 Å². The maximum absolute atomic E-state index is 13.3. The monoisotopic (exact) mass is 391 g/mol. The van der Waals surface area contributed by atoms with Gasteiger partial charge in [0.2, 0.25) is 11.9 Å². The molecule has 0 spiro atoms. The standard InChI is InChI=1S/C22H25N5O2/c28-19-13-18(14-7-1-3-9-16(14)23-19)24-21(29)20-15-8-2-4-10-17(15)25-22(26-20)27-11-5-6-12-27/h1,3,7,9,18H,2,4-6,8,10-13H2,(H,23,28)(H,24,29). The van der Waals surface area contributed by atoms with Crippen LogP contribution < -0.4 is 15.5 Å². The first-order valence-corrected chi connectivity index (χ1v) is 10.5. The summed E-state index contributed by atoms with van der Waals surface area (Å²) >= 11 is 0. The molecule has 1 saturated heterocycles. The summed E-state index contributed by atoms with van der Waals surface area (Å²) in [4.78, 5) is 37.1. The van der Waals surface area contributed by atoms with Gasteiger partial charge < -0.3 is 15.5 Å². The zero-order chi connectivity index (χ0) is 19.8. The Hall–Kier alpha value is -2.96. The molecule has 1 aliphatic carbocycles. The lowest BCUT2D eigenvalue weighted by atomic mass is 9.93. The topological polar surface area (TPSA) is 87.2 Å². The minimum Gasteiger partial charge on any atom is -0.343 e. The molecule has 0 radical (unpaired) electrons. The highest BCUT2D eigenvalue weighted by Crippen LogP contribution is 2.31. The van der Waals surface area contributed by atoms with Crippen molar-refractivity contribution >= 4 is 23.5 Å². The van der Waals surface area contributed by atoms with Gasteiger partial charge in [0.15, 0.2) is 0 Å². The molecule has 3 aliphatic rings. The Bertz CT molecular complexity index is 968. The molecule has 7 heteroatoms. The number of para-hydroxylation sites is 1. The summed E-state index contributed by atoms with van der Waals surface area (Å²) in [6, 6.07) is 7.27. The van der Waals surface area contributed by atoms with Crippen LogP contribution in [0, 0.1) is 0 Å². The number of carbonyl (C=O) groups excluding carboxylic acids is 2. The lowest BCUT2D eigenvalue weighted by molar-refractivity contribution is -0.116. The number of hydrogen-bond donors (Lipinski definition) is 2. The van der Waals surface area contributed by atoms with Gasteiger partial charge in [-0.15, -0.1) is 0 Å². The van der Waals surface area contributed by atoms with Gasteiger partial charge in [-0.05, 0) is 50.2 Å². The zero-order valence-electron chi connectivity index (χ0n) is 16.4. The number of aromatic nitrogens is 2. The van der Waals surface area contributed by atoms with E-state index in [4.69, 9.17) is 9.97 Å². The van der Waals surface area contributed by atoms with Crippen molar-refractivity contribution in [1.29, 1.82) is 0 Å². The van der Waals surface area contributed by atoms with E-state index < -0.39 is 0 Å². The first-order valence-electron chi connectivity index (χ1n) is 10.5. The molecule has 150 valence electrons. The number of aryl methyl sites for hydroxylation is 1. The Morgan fingerprint density at radius 3 is 2.72 bits per heavy atom. The predicted octanol–water partition coefficient (Wildman–Crippen LogP) is 2.77. The number of fused-ring (bicyclic) bond motifs is 2. The third-order valence-corrected chi connectivity index (χ3v) is 6.08. The molecular formula is C22H25N5O2. The van der Waals surface area contributed by atoms with Crippen LogP contribution in [0.5, 0.6) is 0 Å². The van der Waals surface area contributed by atoms with Crippen LogP contribution in [-0.4, -0.2) is 34.9 Å². The second kappa shape index (κ2) is 7.46. The van der Waals surface area contributed by atoms with Crippen molar-refractivity contribution in [2.75, 3.05) is 23.3 Å².